The SMILES string of the molecule is CCCSNc1cccc(-c2nc(C3(C)CCN(C(=O)C4CCN(CC5CCN(c6ccc(C7CCC(=O)NC7=O)cn6)CC5)CC4)CC3)sc2-c2ccnc(N)n2)c1F. The first-order valence-corrected chi connectivity index (χ1v) is 23.2. The van der Waals surface area contributed by atoms with Gasteiger partial charge in [0.05, 0.1) is 32.9 Å². The van der Waals surface area contributed by atoms with Crippen LogP contribution in [0, 0.1) is 17.7 Å². The summed E-state index contributed by atoms with van der Waals surface area (Å²) in [4.78, 5) is 63.8. The number of carbonyl (C=O) groups is 3. The highest BCUT2D eigenvalue weighted by Crippen LogP contribution is 2.45. The number of rotatable bonds is 12. The third-order valence-corrected chi connectivity index (χ3v) is 15.1. The molecule has 7 heterocycles. The van der Waals surface area contributed by atoms with Crippen molar-refractivity contribution in [1.29, 1.82) is 0 Å². The molecule has 0 aliphatic carbocycles. The number of hydrogen-bond acceptors (Lipinski definition) is 13. The van der Waals surface area contributed by atoms with Gasteiger partial charge in [-0.1, -0.05) is 37.9 Å². The first kappa shape index (κ1) is 42.0. The van der Waals surface area contributed by atoms with Gasteiger partial charge in [-0.2, -0.15) is 0 Å². The van der Waals surface area contributed by atoms with Gasteiger partial charge in [0.1, 0.15) is 5.82 Å². The van der Waals surface area contributed by atoms with Gasteiger partial charge in [-0.15, -0.1) is 11.3 Å². The van der Waals surface area contributed by atoms with Gasteiger partial charge in [-0.25, -0.2) is 24.3 Å². The molecule has 3 aromatic heterocycles. The van der Waals surface area contributed by atoms with E-state index in [4.69, 9.17) is 15.7 Å². The molecule has 0 radical (unpaired) electrons. The zero-order valence-electron chi connectivity index (χ0n) is 34.5. The van der Waals surface area contributed by atoms with E-state index >= 15 is 4.39 Å². The van der Waals surface area contributed by atoms with Gasteiger partial charge in [0.15, 0.2) is 5.82 Å². The second kappa shape index (κ2) is 18.5. The van der Waals surface area contributed by atoms with Crippen molar-refractivity contribution in [3.63, 3.8) is 0 Å². The Labute approximate surface area is 359 Å². The van der Waals surface area contributed by atoms with Crippen LogP contribution in [0.5, 0.6) is 0 Å². The Kier molecular flexibility index (Phi) is 13.0. The van der Waals surface area contributed by atoms with Crippen molar-refractivity contribution >= 4 is 58.5 Å². The number of nitrogen functional groups attached to an aromatic ring is 1. The van der Waals surface area contributed by atoms with E-state index in [2.05, 4.69) is 48.6 Å². The molecule has 1 aromatic carbocycles. The summed E-state index contributed by atoms with van der Waals surface area (Å²) >= 11 is 3.01. The van der Waals surface area contributed by atoms with Gasteiger partial charge < -0.3 is 25.2 Å². The smallest absolute Gasteiger partial charge is 0.234 e. The molecule has 60 heavy (non-hydrogen) atoms. The van der Waals surface area contributed by atoms with Crippen molar-refractivity contribution in [2.24, 2.45) is 11.8 Å². The van der Waals surface area contributed by atoms with Gasteiger partial charge in [0.2, 0.25) is 23.7 Å². The minimum atomic E-state index is -0.353. The molecule has 0 spiro atoms. The maximum absolute atomic E-state index is 16.1. The van der Waals surface area contributed by atoms with Crippen molar-refractivity contribution < 1.29 is 18.8 Å². The summed E-state index contributed by atoms with van der Waals surface area (Å²) in [6, 6.07) is 11.1. The van der Waals surface area contributed by atoms with E-state index in [0.29, 0.717) is 54.5 Å². The summed E-state index contributed by atoms with van der Waals surface area (Å²) < 4.78 is 19.2. The number of pyridine rings is 1. The molecule has 4 aliphatic rings. The van der Waals surface area contributed by atoms with Gasteiger partial charge in [-0.3, -0.25) is 19.7 Å². The summed E-state index contributed by atoms with van der Waals surface area (Å²) in [5.41, 5.74) is 8.56. The molecule has 16 heteroatoms. The lowest BCUT2D eigenvalue weighted by Gasteiger charge is -2.41. The molecular formula is C44H55FN10O3S2. The second-order valence-electron chi connectivity index (χ2n) is 17.0. The van der Waals surface area contributed by atoms with Crippen LogP contribution in [0.25, 0.3) is 21.8 Å². The Bertz CT molecular complexity index is 2160. The predicted molar refractivity (Wildman–Crippen MR) is 236 cm³/mol. The molecule has 1 unspecified atom stereocenters. The van der Waals surface area contributed by atoms with Crippen LogP contribution >= 0.6 is 23.3 Å². The third-order valence-electron chi connectivity index (χ3n) is 12.8. The molecule has 4 saturated heterocycles. The van der Waals surface area contributed by atoms with E-state index in [1.54, 1.807) is 30.6 Å². The van der Waals surface area contributed by atoms with Crippen LogP contribution in [0.2, 0.25) is 0 Å². The lowest BCUT2D eigenvalue weighted by molar-refractivity contribution is -0.139. The molecule has 3 amide bonds. The van der Waals surface area contributed by atoms with Crippen LogP contribution in [0.15, 0.2) is 48.8 Å². The number of nitrogens with two attached hydrogens (primary N) is 1. The number of nitrogens with one attached hydrogen (secondary N) is 2. The summed E-state index contributed by atoms with van der Waals surface area (Å²) in [6.07, 6.45) is 10.8. The number of carbonyl (C=O) groups excluding carboxylic acids is 3. The molecule has 4 N–H and O–H groups in total. The van der Waals surface area contributed by atoms with Crippen LogP contribution in [0.1, 0.15) is 88.1 Å². The number of amides is 3. The van der Waals surface area contributed by atoms with E-state index in [-0.39, 0.29) is 46.7 Å². The minimum absolute atomic E-state index is 0.0438. The Morgan fingerprint density at radius 1 is 1.00 bits per heavy atom. The molecule has 13 nitrogen and oxygen atoms in total. The first-order chi connectivity index (χ1) is 29.1. The van der Waals surface area contributed by atoms with Crippen LogP contribution in [-0.4, -0.2) is 99.0 Å². The standard InChI is InChI=1S/C44H55FN10O3S2/c1-3-25-59-52-33-6-4-5-32(37(33)45)38-39(34-11-18-47-43(46)49-34)60-42(51-38)44(2)16-23-55(24-17-44)41(58)29-14-19-53(20-15-29)27-28-12-21-54(22-13-28)35-9-7-30(26-48-35)31-8-10-36(56)50-40(31)57/h4-7,9,11,18,26,28-29,31,52H,3,8,10,12-17,19-25,27H2,1-2H3,(H2,46,47,49)(H,50,56,57). The van der Waals surface area contributed by atoms with Crippen molar-refractivity contribution in [3.8, 4) is 21.8 Å². The van der Waals surface area contributed by atoms with E-state index in [1.807, 2.05) is 18.2 Å². The van der Waals surface area contributed by atoms with Crippen LogP contribution in [-0.2, 0) is 19.8 Å². The fourth-order valence-electron chi connectivity index (χ4n) is 9.03. The monoisotopic (exact) mass is 854 g/mol. The average molecular weight is 855 g/mol. The number of nitrogens with zero attached hydrogens (tertiary/aromatic N) is 7. The molecule has 4 fully saturated rings. The molecule has 0 bridgehead atoms. The number of hydrogen-bond donors (Lipinski definition) is 3. The number of piperidine rings is 4. The van der Waals surface area contributed by atoms with Gasteiger partial charge in [-0.05, 0) is 100 Å². The van der Waals surface area contributed by atoms with E-state index < -0.39 is 0 Å². The highest BCUT2D eigenvalue weighted by molar-refractivity contribution is 8.00. The Morgan fingerprint density at radius 3 is 2.48 bits per heavy atom. The highest BCUT2D eigenvalue weighted by Gasteiger charge is 2.39. The van der Waals surface area contributed by atoms with Crippen molar-refractivity contribution in [1.82, 2.24) is 35.1 Å². The largest absolute Gasteiger partial charge is 0.368 e. The number of likely N-dealkylation sites (tertiary alicyclic amines) is 2. The van der Waals surface area contributed by atoms with Gasteiger partial charge >= 0.3 is 0 Å². The summed E-state index contributed by atoms with van der Waals surface area (Å²) in [7, 11) is 0. The normalized spacial score (nSPS) is 20.6. The highest BCUT2D eigenvalue weighted by atomic mass is 32.2. The fourth-order valence-corrected chi connectivity index (χ4v) is 10.9. The Morgan fingerprint density at radius 2 is 1.78 bits per heavy atom. The Balaban J connectivity index is 0.833. The quantitative estimate of drug-likeness (QED) is 0.0771. The zero-order valence-corrected chi connectivity index (χ0v) is 36.1. The minimum Gasteiger partial charge on any atom is -0.368 e. The first-order valence-electron chi connectivity index (χ1n) is 21.4. The number of imide groups is 1. The van der Waals surface area contributed by atoms with Crippen molar-refractivity contribution in [2.45, 2.75) is 83.0 Å². The molecular weight excluding hydrogens is 800 g/mol. The van der Waals surface area contributed by atoms with E-state index in [0.717, 1.165) is 105 Å². The molecule has 318 valence electrons. The van der Waals surface area contributed by atoms with Gasteiger partial charge in [0.25, 0.3) is 0 Å². The predicted octanol–water partition coefficient (Wildman–Crippen LogP) is 6.88. The van der Waals surface area contributed by atoms with Crippen LogP contribution in [0.4, 0.5) is 21.8 Å². The average Bonchev–Trinajstić information content (AvgIpc) is 3.72. The van der Waals surface area contributed by atoms with Crippen molar-refractivity contribution in [3.05, 3.63) is 65.2 Å². The Hall–Kier alpha value is -4.67. The lowest BCUT2D eigenvalue weighted by atomic mass is 9.80. The number of aromatic nitrogens is 4. The second-order valence-corrected chi connectivity index (χ2v) is 18.9. The lowest BCUT2D eigenvalue weighted by Crippen LogP contribution is -2.48. The number of benzene rings is 1. The summed E-state index contributed by atoms with van der Waals surface area (Å²) in [6.45, 7) is 10.4. The topological polar surface area (TPSA) is 163 Å². The maximum atomic E-state index is 16.1. The van der Waals surface area contributed by atoms with Gasteiger partial charge in [0, 0.05) is 74.2 Å². The molecule has 0 saturated carbocycles. The number of thiazole rings is 1. The van der Waals surface area contributed by atoms with Crippen LogP contribution < -0.4 is 20.7 Å². The molecule has 4 aromatic rings. The molecule has 8 rings (SSSR count). The van der Waals surface area contributed by atoms with E-state index in [1.165, 1.54) is 23.3 Å². The van der Waals surface area contributed by atoms with E-state index in [9.17, 15) is 14.4 Å². The maximum Gasteiger partial charge on any atom is 0.234 e. The summed E-state index contributed by atoms with van der Waals surface area (Å²) in [5, 5.41) is 3.35. The summed E-state index contributed by atoms with van der Waals surface area (Å²) in [5.74, 6) is 1.75. The molecule has 1 atom stereocenters. The third kappa shape index (κ3) is 9.30. The fraction of sp³-hybridized carbons (Fsp3) is 0.523. The zero-order chi connectivity index (χ0) is 41.8. The van der Waals surface area contributed by atoms with Crippen molar-refractivity contribution in [2.75, 3.05) is 66.9 Å². The number of halogens is 1. The molecule has 4 aliphatic heterocycles. The van der Waals surface area contributed by atoms with Crippen LogP contribution in [0.3, 0.4) is 0 Å². The number of anilines is 3.